The van der Waals surface area contributed by atoms with Gasteiger partial charge in [-0.1, -0.05) is 30.3 Å². The van der Waals surface area contributed by atoms with E-state index in [2.05, 4.69) is 10.3 Å². The third-order valence-corrected chi connectivity index (χ3v) is 4.51. The van der Waals surface area contributed by atoms with Crippen molar-refractivity contribution in [2.45, 2.75) is 20.8 Å². The number of hydrogen-bond donors (Lipinski definition) is 1. The molecule has 0 bridgehead atoms. The molecule has 5 heteroatoms. The van der Waals surface area contributed by atoms with Crippen molar-refractivity contribution in [3.05, 3.63) is 89.2 Å². The molecule has 1 heterocycles. The minimum absolute atomic E-state index is 0.166. The molecule has 0 radical (unpaired) electrons. The molecule has 2 amide bonds. The average molecular weight is 373 g/mol. The molecule has 0 aliphatic rings. The van der Waals surface area contributed by atoms with Crippen LogP contribution in [0.4, 0.5) is 11.4 Å². The highest BCUT2D eigenvalue weighted by Crippen LogP contribution is 2.19. The molecular weight excluding hydrogens is 350 g/mol. The fourth-order valence-corrected chi connectivity index (χ4v) is 2.98. The van der Waals surface area contributed by atoms with Crippen molar-refractivity contribution in [3.63, 3.8) is 0 Å². The molecule has 1 N–H and O–H groups in total. The number of para-hydroxylation sites is 1. The van der Waals surface area contributed by atoms with E-state index in [1.165, 1.54) is 12.3 Å². The van der Waals surface area contributed by atoms with Gasteiger partial charge in [0.05, 0.1) is 0 Å². The Hall–Kier alpha value is -3.47. The average Bonchev–Trinajstić information content (AvgIpc) is 2.70. The van der Waals surface area contributed by atoms with Crippen LogP contribution < -0.4 is 10.2 Å². The second-order valence-electron chi connectivity index (χ2n) is 6.59. The van der Waals surface area contributed by atoms with Gasteiger partial charge in [0, 0.05) is 29.7 Å². The van der Waals surface area contributed by atoms with Crippen molar-refractivity contribution >= 4 is 23.2 Å². The smallest absolute Gasteiger partial charge is 0.274 e. The van der Waals surface area contributed by atoms with Gasteiger partial charge in [0.1, 0.15) is 5.69 Å². The summed E-state index contributed by atoms with van der Waals surface area (Å²) in [6.07, 6.45) is 1.49. The topological polar surface area (TPSA) is 62.3 Å². The molecule has 1 aromatic heterocycles. The predicted octanol–water partition coefficient (Wildman–Crippen LogP) is 4.62. The number of aromatic nitrogens is 1. The number of benzene rings is 2. The lowest BCUT2D eigenvalue weighted by Crippen LogP contribution is -2.31. The number of carbonyl (C=O) groups is 2. The van der Waals surface area contributed by atoms with Crippen LogP contribution in [0.15, 0.2) is 66.9 Å². The molecule has 0 aliphatic carbocycles. The first-order valence-corrected chi connectivity index (χ1v) is 9.21. The monoisotopic (exact) mass is 373 g/mol. The Morgan fingerprint density at radius 3 is 2.50 bits per heavy atom. The zero-order valence-electron chi connectivity index (χ0n) is 16.3. The van der Waals surface area contributed by atoms with E-state index in [1.54, 1.807) is 11.0 Å². The minimum Gasteiger partial charge on any atom is -0.320 e. The summed E-state index contributed by atoms with van der Waals surface area (Å²) in [7, 11) is 0. The SMILES string of the molecule is CCN(C(=O)c1ccnc(C(=O)Nc2ccccc2C)c1)c1cccc(C)c1. The van der Waals surface area contributed by atoms with Crippen LogP contribution in [0, 0.1) is 13.8 Å². The largest absolute Gasteiger partial charge is 0.320 e. The van der Waals surface area contributed by atoms with Crippen molar-refractivity contribution in [1.29, 1.82) is 0 Å². The quantitative estimate of drug-likeness (QED) is 0.710. The molecule has 0 spiro atoms. The van der Waals surface area contributed by atoms with Gasteiger partial charge in [-0.05, 0) is 62.2 Å². The summed E-state index contributed by atoms with van der Waals surface area (Å²) in [5.74, 6) is -0.511. The summed E-state index contributed by atoms with van der Waals surface area (Å²) in [4.78, 5) is 31.5. The normalized spacial score (nSPS) is 10.4. The summed E-state index contributed by atoms with van der Waals surface area (Å²) in [6, 6.07) is 18.5. The van der Waals surface area contributed by atoms with Gasteiger partial charge < -0.3 is 10.2 Å². The molecule has 0 unspecified atom stereocenters. The zero-order chi connectivity index (χ0) is 20.1. The van der Waals surface area contributed by atoms with Crippen LogP contribution in [-0.2, 0) is 0 Å². The molecule has 5 nitrogen and oxygen atoms in total. The molecule has 0 saturated heterocycles. The lowest BCUT2D eigenvalue weighted by atomic mass is 10.1. The van der Waals surface area contributed by atoms with Gasteiger partial charge >= 0.3 is 0 Å². The Morgan fingerprint density at radius 2 is 1.79 bits per heavy atom. The Kier molecular flexibility index (Phi) is 5.84. The number of nitrogens with one attached hydrogen (secondary N) is 1. The number of hydrogen-bond acceptors (Lipinski definition) is 3. The first-order valence-electron chi connectivity index (χ1n) is 9.21. The van der Waals surface area contributed by atoms with Crippen LogP contribution in [0.1, 0.15) is 38.9 Å². The number of aryl methyl sites for hydroxylation is 2. The fourth-order valence-electron chi connectivity index (χ4n) is 2.98. The van der Waals surface area contributed by atoms with Gasteiger partial charge in [0.2, 0.25) is 0 Å². The van der Waals surface area contributed by atoms with Gasteiger partial charge in [-0.3, -0.25) is 14.6 Å². The first-order chi connectivity index (χ1) is 13.5. The van der Waals surface area contributed by atoms with Crippen molar-refractivity contribution in [2.75, 3.05) is 16.8 Å². The van der Waals surface area contributed by atoms with E-state index in [-0.39, 0.29) is 17.5 Å². The number of anilines is 2. The maximum absolute atomic E-state index is 13.0. The van der Waals surface area contributed by atoms with E-state index in [0.29, 0.717) is 12.1 Å². The summed E-state index contributed by atoms with van der Waals surface area (Å²) in [6.45, 7) is 6.36. The third kappa shape index (κ3) is 4.26. The fraction of sp³-hybridized carbons (Fsp3) is 0.174. The molecule has 3 rings (SSSR count). The predicted molar refractivity (Wildman–Crippen MR) is 112 cm³/mol. The number of amides is 2. The van der Waals surface area contributed by atoms with Crippen molar-refractivity contribution in [2.24, 2.45) is 0 Å². The van der Waals surface area contributed by atoms with E-state index in [1.807, 2.05) is 69.3 Å². The number of carbonyl (C=O) groups excluding carboxylic acids is 2. The summed E-state index contributed by atoms with van der Waals surface area (Å²) >= 11 is 0. The van der Waals surface area contributed by atoms with Crippen LogP contribution in [0.25, 0.3) is 0 Å². The van der Waals surface area contributed by atoms with Crippen LogP contribution in [0.3, 0.4) is 0 Å². The van der Waals surface area contributed by atoms with Gasteiger partial charge in [0.15, 0.2) is 0 Å². The van der Waals surface area contributed by atoms with Crippen LogP contribution >= 0.6 is 0 Å². The van der Waals surface area contributed by atoms with E-state index in [0.717, 1.165) is 22.5 Å². The van der Waals surface area contributed by atoms with E-state index >= 15 is 0 Å². The molecule has 3 aromatic rings. The molecule has 0 aliphatic heterocycles. The van der Waals surface area contributed by atoms with Crippen LogP contribution in [0.2, 0.25) is 0 Å². The van der Waals surface area contributed by atoms with Gasteiger partial charge in [0.25, 0.3) is 11.8 Å². The second-order valence-corrected chi connectivity index (χ2v) is 6.59. The highest BCUT2D eigenvalue weighted by Gasteiger charge is 2.18. The Morgan fingerprint density at radius 1 is 1.00 bits per heavy atom. The number of rotatable bonds is 5. The minimum atomic E-state index is -0.345. The standard InChI is InChI=1S/C23H23N3O2/c1-4-26(19-10-7-8-16(2)14-19)23(28)18-12-13-24-21(15-18)22(27)25-20-11-6-5-9-17(20)3/h5-15H,4H2,1-3H3,(H,25,27). The Balaban J connectivity index is 1.84. The molecule has 142 valence electrons. The lowest BCUT2D eigenvalue weighted by Gasteiger charge is -2.21. The van der Waals surface area contributed by atoms with Crippen molar-refractivity contribution < 1.29 is 9.59 Å². The summed E-state index contributed by atoms with van der Waals surface area (Å²) < 4.78 is 0. The van der Waals surface area contributed by atoms with Crippen molar-refractivity contribution in [3.8, 4) is 0 Å². The molecular formula is C23H23N3O2. The maximum atomic E-state index is 13.0. The van der Waals surface area contributed by atoms with Gasteiger partial charge in [-0.25, -0.2) is 0 Å². The van der Waals surface area contributed by atoms with E-state index in [9.17, 15) is 9.59 Å². The Bertz CT molecular complexity index is 1010. The van der Waals surface area contributed by atoms with E-state index < -0.39 is 0 Å². The van der Waals surface area contributed by atoms with Gasteiger partial charge in [-0.15, -0.1) is 0 Å². The van der Waals surface area contributed by atoms with Crippen LogP contribution in [0.5, 0.6) is 0 Å². The lowest BCUT2D eigenvalue weighted by molar-refractivity contribution is 0.0988. The van der Waals surface area contributed by atoms with E-state index in [4.69, 9.17) is 0 Å². The summed E-state index contributed by atoms with van der Waals surface area (Å²) in [5.41, 5.74) is 4.22. The number of nitrogens with zero attached hydrogens (tertiary/aromatic N) is 2. The van der Waals surface area contributed by atoms with Gasteiger partial charge in [-0.2, -0.15) is 0 Å². The highest BCUT2D eigenvalue weighted by atomic mass is 16.2. The molecule has 0 fully saturated rings. The third-order valence-electron chi connectivity index (χ3n) is 4.51. The second kappa shape index (κ2) is 8.48. The maximum Gasteiger partial charge on any atom is 0.274 e. The molecule has 0 atom stereocenters. The Labute approximate surface area is 165 Å². The van der Waals surface area contributed by atoms with Crippen LogP contribution in [-0.4, -0.2) is 23.3 Å². The molecule has 28 heavy (non-hydrogen) atoms. The zero-order valence-corrected chi connectivity index (χ0v) is 16.3. The van der Waals surface area contributed by atoms with Crippen molar-refractivity contribution in [1.82, 2.24) is 4.98 Å². The summed E-state index contributed by atoms with van der Waals surface area (Å²) in [5, 5.41) is 2.85. The molecule has 2 aromatic carbocycles. The first kappa shape index (κ1) is 19.3. The number of pyridine rings is 1. The highest BCUT2D eigenvalue weighted by molar-refractivity contribution is 6.09. The molecule has 0 saturated carbocycles.